The van der Waals surface area contributed by atoms with Crippen molar-refractivity contribution in [3.63, 3.8) is 0 Å². The molecule has 0 aliphatic carbocycles. The number of esters is 1. The van der Waals surface area contributed by atoms with Gasteiger partial charge in [0.2, 0.25) is 5.91 Å². The van der Waals surface area contributed by atoms with E-state index in [0.717, 1.165) is 5.01 Å². The molecule has 0 spiro atoms. The summed E-state index contributed by atoms with van der Waals surface area (Å²) in [6.07, 6.45) is 1.75. The van der Waals surface area contributed by atoms with Crippen LogP contribution in [-0.2, 0) is 14.3 Å². The van der Waals surface area contributed by atoms with Crippen molar-refractivity contribution in [2.75, 3.05) is 13.2 Å². The molecule has 1 aliphatic heterocycles. The Morgan fingerprint density at radius 1 is 1.83 bits per heavy atom. The summed E-state index contributed by atoms with van der Waals surface area (Å²) in [4.78, 5) is 21.8. The van der Waals surface area contributed by atoms with E-state index in [-0.39, 0.29) is 18.9 Å². The Labute approximate surface area is 70.0 Å². The molecule has 0 saturated heterocycles. The molecule has 0 aromatic heterocycles. The standard InChI is InChI=1S/C7H10N2O3/c1-2-12-7(11)5-9-6(10)3-4-8-9/h4H,2-3,5H2,1H3. The van der Waals surface area contributed by atoms with Gasteiger partial charge in [0.25, 0.3) is 0 Å². The molecule has 0 aromatic rings. The molecule has 66 valence electrons. The van der Waals surface area contributed by atoms with E-state index in [0.29, 0.717) is 6.61 Å². The SMILES string of the molecule is CCOC(=O)CN1N=CCC1=O. The minimum atomic E-state index is -0.426. The normalized spacial score (nSPS) is 15.4. The zero-order chi connectivity index (χ0) is 8.97. The maximum atomic E-state index is 10.9. The molecule has 0 unspecified atom stereocenters. The fourth-order valence-electron chi connectivity index (χ4n) is 0.845. The van der Waals surface area contributed by atoms with Gasteiger partial charge >= 0.3 is 5.97 Å². The molecule has 0 N–H and O–H groups in total. The Bertz CT molecular complexity index is 225. The fraction of sp³-hybridized carbons (Fsp3) is 0.571. The van der Waals surface area contributed by atoms with Gasteiger partial charge in [-0.15, -0.1) is 0 Å². The van der Waals surface area contributed by atoms with Gasteiger partial charge < -0.3 is 4.74 Å². The number of amides is 1. The Balaban J connectivity index is 2.35. The van der Waals surface area contributed by atoms with Crippen molar-refractivity contribution in [2.45, 2.75) is 13.3 Å². The summed E-state index contributed by atoms with van der Waals surface area (Å²) in [5, 5.41) is 4.81. The number of hydrazone groups is 1. The number of hydrogen-bond donors (Lipinski definition) is 0. The van der Waals surface area contributed by atoms with Crippen molar-refractivity contribution in [3.8, 4) is 0 Å². The fourth-order valence-corrected chi connectivity index (χ4v) is 0.845. The van der Waals surface area contributed by atoms with Crippen molar-refractivity contribution in [3.05, 3.63) is 0 Å². The summed E-state index contributed by atoms with van der Waals surface area (Å²) >= 11 is 0. The van der Waals surface area contributed by atoms with Gasteiger partial charge in [0.15, 0.2) is 0 Å². The van der Waals surface area contributed by atoms with Gasteiger partial charge in [-0.3, -0.25) is 9.59 Å². The smallest absolute Gasteiger partial charge is 0.327 e. The average Bonchev–Trinajstić information content (AvgIpc) is 2.37. The first kappa shape index (κ1) is 8.70. The summed E-state index contributed by atoms with van der Waals surface area (Å²) < 4.78 is 4.65. The van der Waals surface area contributed by atoms with Crippen LogP contribution in [0.1, 0.15) is 13.3 Å². The van der Waals surface area contributed by atoms with Gasteiger partial charge in [0, 0.05) is 6.21 Å². The minimum Gasteiger partial charge on any atom is -0.465 e. The summed E-state index contributed by atoms with van der Waals surface area (Å²) in [5.74, 6) is -0.590. The maximum absolute atomic E-state index is 10.9. The lowest BCUT2D eigenvalue weighted by Gasteiger charge is -2.09. The van der Waals surface area contributed by atoms with Crippen LogP contribution in [0.15, 0.2) is 5.10 Å². The number of carbonyl (C=O) groups excluding carboxylic acids is 2. The third kappa shape index (κ3) is 2.05. The van der Waals surface area contributed by atoms with Gasteiger partial charge in [-0.25, -0.2) is 5.01 Å². The number of ether oxygens (including phenoxy) is 1. The van der Waals surface area contributed by atoms with Gasteiger partial charge in [0.1, 0.15) is 6.54 Å². The first-order valence-electron chi connectivity index (χ1n) is 3.72. The molecule has 0 saturated carbocycles. The van der Waals surface area contributed by atoms with E-state index in [1.807, 2.05) is 0 Å². The van der Waals surface area contributed by atoms with Crippen LogP contribution < -0.4 is 0 Å². The second kappa shape index (κ2) is 3.85. The largest absolute Gasteiger partial charge is 0.465 e. The molecule has 5 nitrogen and oxygen atoms in total. The van der Waals surface area contributed by atoms with E-state index in [1.54, 1.807) is 6.92 Å². The predicted molar refractivity (Wildman–Crippen MR) is 41.5 cm³/mol. The van der Waals surface area contributed by atoms with E-state index in [1.165, 1.54) is 6.21 Å². The number of nitrogens with zero attached hydrogens (tertiary/aromatic N) is 2. The van der Waals surface area contributed by atoms with Crippen molar-refractivity contribution < 1.29 is 14.3 Å². The molecule has 12 heavy (non-hydrogen) atoms. The highest BCUT2D eigenvalue weighted by Gasteiger charge is 2.19. The minimum absolute atomic E-state index is 0.0802. The van der Waals surface area contributed by atoms with Crippen LogP contribution in [0.3, 0.4) is 0 Å². The third-order valence-electron chi connectivity index (χ3n) is 1.36. The molecule has 1 aliphatic rings. The highest BCUT2D eigenvalue weighted by Crippen LogP contribution is 2.01. The molecular weight excluding hydrogens is 160 g/mol. The number of rotatable bonds is 3. The average molecular weight is 170 g/mol. The lowest BCUT2D eigenvalue weighted by Crippen LogP contribution is -2.28. The van der Waals surface area contributed by atoms with Crippen LogP contribution >= 0.6 is 0 Å². The quantitative estimate of drug-likeness (QED) is 0.549. The van der Waals surface area contributed by atoms with E-state index >= 15 is 0 Å². The second-order valence-corrected chi connectivity index (χ2v) is 2.26. The molecule has 1 rings (SSSR count). The molecule has 1 amide bonds. The van der Waals surface area contributed by atoms with Crippen molar-refractivity contribution in [2.24, 2.45) is 5.10 Å². The predicted octanol–water partition coefficient (Wildman–Crippen LogP) is -0.232. The molecule has 0 aromatic carbocycles. The van der Waals surface area contributed by atoms with Gasteiger partial charge in [-0.05, 0) is 6.92 Å². The van der Waals surface area contributed by atoms with Gasteiger partial charge in [0.05, 0.1) is 13.0 Å². The molecular formula is C7H10N2O3. The number of carbonyl (C=O) groups is 2. The topological polar surface area (TPSA) is 59.0 Å². The molecule has 0 atom stereocenters. The van der Waals surface area contributed by atoms with Gasteiger partial charge in [-0.2, -0.15) is 5.10 Å². The first-order chi connectivity index (χ1) is 5.74. The van der Waals surface area contributed by atoms with E-state index in [2.05, 4.69) is 9.84 Å². The van der Waals surface area contributed by atoms with E-state index < -0.39 is 5.97 Å². The van der Waals surface area contributed by atoms with Crippen LogP contribution in [-0.4, -0.2) is 36.3 Å². The third-order valence-corrected chi connectivity index (χ3v) is 1.36. The van der Waals surface area contributed by atoms with Crippen LogP contribution in [0.2, 0.25) is 0 Å². The summed E-state index contributed by atoms with van der Waals surface area (Å²) in [6, 6.07) is 0. The Hall–Kier alpha value is -1.39. The monoisotopic (exact) mass is 170 g/mol. The van der Waals surface area contributed by atoms with E-state index in [9.17, 15) is 9.59 Å². The zero-order valence-electron chi connectivity index (χ0n) is 6.82. The highest BCUT2D eigenvalue weighted by atomic mass is 16.5. The summed E-state index contributed by atoms with van der Waals surface area (Å²) in [6.45, 7) is 1.96. The van der Waals surface area contributed by atoms with E-state index in [4.69, 9.17) is 0 Å². The second-order valence-electron chi connectivity index (χ2n) is 2.26. The molecule has 0 fully saturated rings. The number of hydrogen-bond acceptors (Lipinski definition) is 4. The Kier molecular flexibility index (Phi) is 2.79. The van der Waals surface area contributed by atoms with Gasteiger partial charge in [-0.1, -0.05) is 0 Å². The molecule has 1 heterocycles. The van der Waals surface area contributed by atoms with Crippen molar-refractivity contribution >= 4 is 18.1 Å². The lowest BCUT2D eigenvalue weighted by atomic mass is 10.4. The summed E-state index contributed by atoms with van der Waals surface area (Å²) in [7, 11) is 0. The van der Waals surface area contributed by atoms with Crippen LogP contribution in [0.5, 0.6) is 0 Å². The lowest BCUT2D eigenvalue weighted by molar-refractivity contribution is -0.148. The zero-order valence-corrected chi connectivity index (χ0v) is 6.82. The summed E-state index contributed by atoms with van der Waals surface area (Å²) in [5.41, 5.74) is 0. The Morgan fingerprint density at radius 3 is 3.08 bits per heavy atom. The van der Waals surface area contributed by atoms with Crippen molar-refractivity contribution in [1.82, 2.24) is 5.01 Å². The molecule has 0 bridgehead atoms. The van der Waals surface area contributed by atoms with Crippen LogP contribution in [0.4, 0.5) is 0 Å². The maximum Gasteiger partial charge on any atom is 0.327 e. The first-order valence-corrected chi connectivity index (χ1v) is 3.72. The molecule has 5 heteroatoms. The van der Waals surface area contributed by atoms with Crippen LogP contribution in [0, 0.1) is 0 Å². The Morgan fingerprint density at radius 2 is 2.58 bits per heavy atom. The highest BCUT2D eigenvalue weighted by molar-refractivity contribution is 5.95. The molecule has 0 radical (unpaired) electrons. The van der Waals surface area contributed by atoms with Crippen molar-refractivity contribution in [1.29, 1.82) is 0 Å². The van der Waals surface area contributed by atoms with Crippen LogP contribution in [0.25, 0.3) is 0 Å².